The first-order valence-corrected chi connectivity index (χ1v) is 7.68. The van der Waals surface area contributed by atoms with Gasteiger partial charge in [-0.15, -0.1) is 0 Å². The van der Waals surface area contributed by atoms with Crippen LogP contribution in [0.1, 0.15) is 36.1 Å². The number of pyridine rings is 1. The Balaban J connectivity index is 0.000000121. The van der Waals surface area contributed by atoms with Crippen molar-refractivity contribution < 1.29 is 0 Å². The lowest BCUT2D eigenvalue weighted by atomic mass is 9.96. The maximum Gasteiger partial charge on any atom is 0.0435 e. The van der Waals surface area contributed by atoms with Gasteiger partial charge in [-0.25, -0.2) is 0 Å². The molecule has 1 aromatic carbocycles. The quantitative estimate of drug-likeness (QED) is 0.779. The van der Waals surface area contributed by atoms with Crippen molar-refractivity contribution in [2.75, 3.05) is 11.9 Å². The van der Waals surface area contributed by atoms with Crippen molar-refractivity contribution >= 4 is 5.69 Å². The van der Waals surface area contributed by atoms with E-state index in [1.165, 1.54) is 61.0 Å². The van der Waals surface area contributed by atoms with Crippen LogP contribution in [0.5, 0.6) is 0 Å². The topological polar surface area (TPSA) is 24.9 Å². The van der Waals surface area contributed by atoms with Gasteiger partial charge in [0.05, 0.1) is 0 Å². The van der Waals surface area contributed by atoms with Crippen molar-refractivity contribution in [3.05, 3.63) is 59.4 Å². The molecule has 0 amide bonds. The predicted molar refractivity (Wildman–Crippen MR) is 84.1 cm³/mol. The molecule has 1 aliphatic heterocycles. The summed E-state index contributed by atoms with van der Waals surface area (Å²) in [7, 11) is 0. The number of hydrogen-bond acceptors (Lipinski definition) is 2. The lowest BCUT2D eigenvalue weighted by Crippen LogP contribution is -2.10. The van der Waals surface area contributed by atoms with Crippen LogP contribution in [0.3, 0.4) is 0 Å². The van der Waals surface area contributed by atoms with Crippen LogP contribution in [0.2, 0.25) is 0 Å². The molecule has 2 aliphatic rings. The van der Waals surface area contributed by atoms with Crippen molar-refractivity contribution in [3.8, 4) is 0 Å². The van der Waals surface area contributed by atoms with Gasteiger partial charge in [0.1, 0.15) is 0 Å². The Bertz CT molecular complexity index is 461. The summed E-state index contributed by atoms with van der Waals surface area (Å²) >= 11 is 0. The highest BCUT2D eigenvalue weighted by Gasteiger charge is 2.07. The molecule has 2 aromatic rings. The molecule has 2 nitrogen and oxygen atoms in total. The summed E-state index contributed by atoms with van der Waals surface area (Å²) in [6.07, 6.45) is 9.51. The van der Waals surface area contributed by atoms with E-state index in [1.54, 1.807) is 0 Å². The molecule has 1 N–H and O–H groups in total. The number of aryl methyl sites for hydroxylation is 3. The van der Waals surface area contributed by atoms with E-state index in [2.05, 4.69) is 40.6 Å². The molecule has 1 aliphatic carbocycles. The summed E-state index contributed by atoms with van der Waals surface area (Å²) in [5, 5.41) is 3.36. The first-order valence-electron chi connectivity index (χ1n) is 7.68. The number of nitrogens with one attached hydrogen (secondary N) is 1. The molecular formula is C18H22N2. The van der Waals surface area contributed by atoms with Crippen LogP contribution >= 0.6 is 0 Å². The fourth-order valence-electron chi connectivity index (χ4n) is 2.94. The predicted octanol–water partition coefficient (Wildman–Crippen LogP) is 4.01. The number of fused-ring (bicyclic) bond motifs is 2. The third-order valence-corrected chi connectivity index (χ3v) is 4.05. The first-order chi connectivity index (χ1) is 9.93. The van der Waals surface area contributed by atoms with Crippen LogP contribution in [0, 0.1) is 0 Å². The van der Waals surface area contributed by atoms with Gasteiger partial charge in [-0.05, 0) is 61.8 Å². The standard InChI is InChI=1S/2C9H11N/c2*1-2-6-9-8(4-1)5-3-7-10-9/h3,5,7H,1-2,4,6H2;1-2,4,6,10H,3,5,7H2. The molecule has 0 saturated heterocycles. The van der Waals surface area contributed by atoms with Gasteiger partial charge in [-0.1, -0.05) is 24.3 Å². The molecule has 0 radical (unpaired) electrons. The van der Waals surface area contributed by atoms with Crippen LogP contribution in [0.4, 0.5) is 5.69 Å². The SMILES string of the molecule is c1ccc2c(c1)CCCN2.c1cnc2c(c1)CCCC2. The molecule has 0 saturated carbocycles. The minimum absolute atomic E-state index is 1.14. The number of rotatable bonds is 0. The average molecular weight is 266 g/mol. The molecule has 0 spiro atoms. The van der Waals surface area contributed by atoms with Crippen LogP contribution in [-0.4, -0.2) is 11.5 Å². The molecule has 2 heteroatoms. The Morgan fingerprint density at radius 3 is 2.50 bits per heavy atom. The van der Waals surface area contributed by atoms with Gasteiger partial charge < -0.3 is 5.32 Å². The van der Waals surface area contributed by atoms with E-state index in [1.807, 2.05) is 12.3 Å². The third kappa shape index (κ3) is 3.19. The van der Waals surface area contributed by atoms with E-state index < -0.39 is 0 Å². The van der Waals surface area contributed by atoms with Gasteiger partial charge in [0.2, 0.25) is 0 Å². The fraction of sp³-hybridized carbons (Fsp3) is 0.389. The van der Waals surface area contributed by atoms with E-state index in [0.717, 1.165) is 6.54 Å². The number of hydrogen-bond donors (Lipinski definition) is 1. The summed E-state index contributed by atoms with van der Waals surface area (Å²) in [6.45, 7) is 1.14. The number of para-hydroxylation sites is 1. The third-order valence-electron chi connectivity index (χ3n) is 4.05. The van der Waals surface area contributed by atoms with Crippen molar-refractivity contribution in [2.45, 2.75) is 38.5 Å². The van der Waals surface area contributed by atoms with E-state index in [-0.39, 0.29) is 0 Å². The Kier molecular flexibility index (Phi) is 4.32. The minimum Gasteiger partial charge on any atom is -0.385 e. The Labute approximate surface area is 121 Å². The van der Waals surface area contributed by atoms with Gasteiger partial charge >= 0.3 is 0 Å². The molecule has 0 atom stereocenters. The van der Waals surface area contributed by atoms with Gasteiger partial charge in [0.15, 0.2) is 0 Å². The zero-order valence-electron chi connectivity index (χ0n) is 11.9. The van der Waals surface area contributed by atoms with E-state index in [4.69, 9.17) is 0 Å². The molecular weight excluding hydrogens is 244 g/mol. The first kappa shape index (κ1) is 13.2. The van der Waals surface area contributed by atoms with Crippen LogP contribution in [-0.2, 0) is 19.3 Å². The van der Waals surface area contributed by atoms with Crippen molar-refractivity contribution in [1.29, 1.82) is 0 Å². The minimum atomic E-state index is 1.14. The average Bonchev–Trinajstić information content (AvgIpc) is 2.56. The van der Waals surface area contributed by atoms with Gasteiger partial charge in [-0.2, -0.15) is 0 Å². The molecule has 0 bridgehead atoms. The maximum atomic E-state index is 4.32. The van der Waals surface area contributed by atoms with Crippen molar-refractivity contribution in [2.24, 2.45) is 0 Å². The second-order valence-corrected chi connectivity index (χ2v) is 5.50. The molecule has 20 heavy (non-hydrogen) atoms. The van der Waals surface area contributed by atoms with E-state index in [0.29, 0.717) is 0 Å². The second-order valence-electron chi connectivity index (χ2n) is 5.50. The summed E-state index contributed by atoms with van der Waals surface area (Å²) in [6, 6.07) is 12.8. The molecule has 0 unspecified atom stereocenters. The Morgan fingerprint density at radius 2 is 1.60 bits per heavy atom. The highest BCUT2D eigenvalue weighted by Crippen LogP contribution is 2.20. The summed E-state index contributed by atoms with van der Waals surface area (Å²) in [5.41, 5.74) is 5.59. The Hall–Kier alpha value is -1.83. The van der Waals surface area contributed by atoms with Gasteiger partial charge in [0.25, 0.3) is 0 Å². The molecule has 2 heterocycles. The van der Waals surface area contributed by atoms with Gasteiger partial charge in [0, 0.05) is 24.1 Å². The summed E-state index contributed by atoms with van der Waals surface area (Å²) in [5.74, 6) is 0. The maximum absolute atomic E-state index is 4.32. The van der Waals surface area contributed by atoms with Gasteiger partial charge in [-0.3, -0.25) is 4.98 Å². The lowest BCUT2D eigenvalue weighted by Gasteiger charge is -2.16. The van der Waals surface area contributed by atoms with E-state index >= 15 is 0 Å². The highest BCUT2D eigenvalue weighted by atomic mass is 14.9. The lowest BCUT2D eigenvalue weighted by molar-refractivity contribution is 0.668. The normalized spacial score (nSPS) is 16.0. The number of nitrogens with zero attached hydrogens (tertiary/aromatic N) is 1. The second kappa shape index (κ2) is 6.56. The molecule has 1 aromatic heterocycles. The summed E-state index contributed by atoms with van der Waals surface area (Å²) in [4.78, 5) is 4.32. The largest absolute Gasteiger partial charge is 0.385 e. The fourth-order valence-corrected chi connectivity index (χ4v) is 2.94. The molecule has 104 valence electrons. The van der Waals surface area contributed by atoms with Crippen molar-refractivity contribution in [3.63, 3.8) is 0 Å². The van der Waals surface area contributed by atoms with Crippen molar-refractivity contribution in [1.82, 2.24) is 4.98 Å². The molecule has 4 rings (SSSR count). The number of anilines is 1. The van der Waals surface area contributed by atoms with E-state index in [9.17, 15) is 0 Å². The van der Waals surface area contributed by atoms with Crippen LogP contribution in [0.25, 0.3) is 0 Å². The summed E-state index contributed by atoms with van der Waals surface area (Å²) < 4.78 is 0. The molecule has 0 fully saturated rings. The Morgan fingerprint density at radius 1 is 0.800 bits per heavy atom. The van der Waals surface area contributed by atoms with Crippen LogP contribution in [0.15, 0.2) is 42.6 Å². The highest BCUT2D eigenvalue weighted by molar-refractivity contribution is 5.52. The smallest absolute Gasteiger partial charge is 0.0435 e. The number of aromatic nitrogens is 1. The monoisotopic (exact) mass is 266 g/mol. The zero-order valence-corrected chi connectivity index (χ0v) is 11.9. The zero-order chi connectivity index (χ0) is 13.6. The number of benzene rings is 1. The van der Waals surface area contributed by atoms with Crippen LogP contribution < -0.4 is 5.32 Å².